The molecule has 0 radical (unpaired) electrons. The van der Waals surface area contributed by atoms with Gasteiger partial charge in [-0.05, 0) is 0 Å². The second-order valence-electron chi connectivity index (χ2n) is 1.39. The molecule has 14 nitrogen and oxygen atoms in total. The topological polar surface area (TPSA) is 254 Å². The summed E-state index contributed by atoms with van der Waals surface area (Å²) in [5.74, 6) is 0. The maximum Gasteiger partial charge on any atom is 1.00 e. The fourth-order valence-electron chi connectivity index (χ4n) is 0.0680. The van der Waals surface area contributed by atoms with Crippen LogP contribution in [0.4, 0.5) is 0 Å². The molecule has 2 atom stereocenters. The quantitative estimate of drug-likeness (QED) is 0.103. The van der Waals surface area contributed by atoms with E-state index >= 15 is 0 Å². The van der Waals surface area contributed by atoms with Crippen LogP contribution in [0.25, 0.3) is 0 Å². The number of hydrogen-bond acceptors (Lipinski definition) is 12. The molecule has 0 aromatic carbocycles. The molecule has 0 amide bonds. The van der Waals surface area contributed by atoms with Crippen molar-refractivity contribution in [2.45, 2.75) is 0 Å². The van der Waals surface area contributed by atoms with E-state index in [1.54, 1.807) is 0 Å². The van der Waals surface area contributed by atoms with Crippen molar-refractivity contribution in [3.63, 3.8) is 0 Å². The zero-order valence-electron chi connectivity index (χ0n) is 11.4. The monoisotopic (exact) mass is 440 g/mol. The van der Waals surface area contributed by atoms with Crippen LogP contribution in [0.2, 0.25) is 0 Å². The van der Waals surface area contributed by atoms with Gasteiger partial charge >= 0.3 is 112 Å². The van der Waals surface area contributed by atoms with Crippen LogP contribution >= 0.6 is 0 Å². The summed E-state index contributed by atoms with van der Waals surface area (Å²) >= 11 is -5.72. The van der Waals surface area contributed by atoms with Gasteiger partial charge in [0.1, 0.15) is 0 Å². The van der Waals surface area contributed by atoms with Crippen LogP contribution in [0, 0.1) is 0 Å². The third kappa shape index (κ3) is 98.4. The third-order valence-electron chi connectivity index (χ3n) is 0.194. The Morgan fingerprint density at radius 1 is 0.810 bits per heavy atom. The molecular formula is H3KNa2O14S4. The number of hydrogen-bond donors (Lipinski definition) is 2. The summed E-state index contributed by atoms with van der Waals surface area (Å²) in [6.45, 7) is 0. The van der Waals surface area contributed by atoms with Crippen LogP contribution < -0.4 is 110 Å². The Balaban J connectivity index is -0.0000000325. The summed E-state index contributed by atoms with van der Waals surface area (Å²) in [5.41, 5.74) is 0. The molecule has 0 rings (SSSR count). The van der Waals surface area contributed by atoms with Gasteiger partial charge in [-0.1, -0.05) is 0 Å². The van der Waals surface area contributed by atoms with E-state index in [1.807, 2.05) is 0 Å². The molecule has 0 aliphatic carbocycles. The third-order valence-corrected chi connectivity index (χ3v) is 0.750. The average molecular weight is 440 g/mol. The Morgan fingerprint density at radius 3 is 0.952 bits per heavy atom. The first-order valence-corrected chi connectivity index (χ1v) is 7.26. The molecule has 0 saturated heterocycles. The molecule has 0 aliphatic rings. The SMILES string of the molecule is O=S(=O)([O-])OOS(=O)(=O)[O-].O=S([O-])O.O=S([O-])O.[H+].[K+].[Na+].[Na+]. The Bertz CT molecular complexity index is 403. The van der Waals surface area contributed by atoms with Gasteiger partial charge in [0.15, 0.2) is 0 Å². The van der Waals surface area contributed by atoms with Crippen molar-refractivity contribution in [2.75, 3.05) is 0 Å². The first kappa shape index (κ1) is 39.5. The van der Waals surface area contributed by atoms with Gasteiger partial charge < -0.3 is 27.3 Å². The Hall–Kier alpha value is 3.52. The zero-order valence-corrected chi connectivity index (χ0v) is 20.8. The van der Waals surface area contributed by atoms with Gasteiger partial charge in [-0.15, -0.1) is 8.67 Å². The van der Waals surface area contributed by atoms with E-state index in [2.05, 4.69) is 8.67 Å². The van der Waals surface area contributed by atoms with Crippen LogP contribution in [-0.2, 0) is 52.2 Å². The van der Waals surface area contributed by atoms with Crippen LogP contribution in [0.3, 0.4) is 0 Å². The molecule has 0 aliphatic heterocycles. The van der Waals surface area contributed by atoms with Crippen LogP contribution in [0.5, 0.6) is 0 Å². The summed E-state index contributed by atoms with van der Waals surface area (Å²) in [4.78, 5) is 0. The molecule has 2 unspecified atom stereocenters. The van der Waals surface area contributed by atoms with E-state index in [4.69, 9.17) is 26.6 Å². The van der Waals surface area contributed by atoms with E-state index in [0.717, 1.165) is 0 Å². The van der Waals surface area contributed by atoms with Gasteiger partial charge in [-0.3, -0.25) is 0 Å². The van der Waals surface area contributed by atoms with E-state index in [-0.39, 0.29) is 112 Å². The van der Waals surface area contributed by atoms with Gasteiger partial charge in [0.05, 0.1) is 22.7 Å². The second kappa shape index (κ2) is 21.6. The largest absolute Gasteiger partial charge is 1.00 e. The van der Waals surface area contributed by atoms with Crippen molar-refractivity contribution in [3.8, 4) is 0 Å². The molecule has 0 bridgehead atoms. The number of rotatable bonds is 3. The minimum Gasteiger partial charge on any atom is -0.750 e. The molecule has 0 heterocycles. The summed E-state index contributed by atoms with van der Waals surface area (Å²) in [5, 5.41) is 0. The molecule has 0 spiro atoms. The average Bonchev–Trinajstić information content (AvgIpc) is 1.95. The van der Waals surface area contributed by atoms with E-state index < -0.39 is 43.5 Å². The zero-order chi connectivity index (χ0) is 15.6. The van der Waals surface area contributed by atoms with Gasteiger partial charge in [0.25, 0.3) is 0 Å². The summed E-state index contributed by atoms with van der Waals surface area (Å²) in [6, 6.07) is 0. The Morgan fingerprint density at radius 2 is 0.905 bits per heavy atom. The molecule has 114 valence electrons. The van der Waals surface area contributed by atoms with Gasteiger partial charge in [-0.2, -0.15) is 0 Å². The standard InChI is InChI=1S/K.2Na.H2O8S2.2H2O3S/c;;;1-9(2,3)7-8-10(4,5)6;2*1-4(2)3/h;;;(H,1,2,3)(H,4,5,6);2*(H2,1,2,3)/q3*+1;;;/p-3. The smallest absolute Gasteiger partial charge is 0.750 e. The van der Waals surface area contributed by atoms with Crippen LogP contribution in [0.1, 0.15) is 1.43 Å². The van der Waals surface area contributed by atoms with Gasteiger partial charge in [0, 0.05) is 0 Å². The maximum absolute atomic E-state index is 9.37. The fourth-order valence-corrected chi connectivity index (χ4v) is 0.612. The van der Waals surface area contributed by atoms with Crippen molar-refractivity contribution in [2.24, 2.45) is 0 Å². The fraction of sp³-hybridized carbons (Fsp3) is 0. The van der Waals surface area contributed by atoms with E-state index in [1.165, 1.54) is 0 Å². The van der Waals surface area contributed by atoms with Gasteiger partial charge in [0.2, 0.25) is 20.8 Å². The summed E-state index contributed by atoms with van der Waals surface area (Å²) in [7, 11) is -10.6. The van der Waals surface area contributed by atoms with E-state index in [0.29, 0.717) is 0 Å². The Kier molecular flexibility index (Phi) is 40.6. The molecule has 21 heavy (non-hydrogen) atoms. The molecule has 0 aromatic heterocycles. The van der Waals surface area contributed by atoms with Crippen LogP contribution in [-0.4, -0.2) is 52.6 Å². The van der Waals surface area contributed by atoms with E-state index in [9.17, 15) is 25.9 Å². The van der Waals surface area contributed by atoms with Crippen LogP contribution in [0.15, 0.2) is 0 Å². The minimum absolute atomic E-state index is 0. The first-order chi connectivity index (χ1) is 7.67. The Labute approximate surface area is 212 Å². The van der Waals surface area contributed by atoms with Crippen molar-refractivity contribution in [1.82, 2.24) is 0 Å². The second-order valence-corrected chi connectivity index (χ2v) is 4.16. The normalized spacial score (nSPS) is 12.3. The molecule has 0 aromatic rings. The molecular weight excluding hydrogens is 437 g/mol. The molecule has 2 N–H and O–H groups in total. The van der Waals surface area contributed by atoms with Crippen molar-refractivity contribution < 1.29 is 173 Å². The van der Waals surface area contributed by atoms with Gasteiger partial charge in [-0.25, -0.2) is 25.3 Å². The maximum atomic E-state index is 9.37. The predicted octanol–water partition coefficient (Wildman–Crippen LogP) is -12.3. The first-order valence-electron chi connectivity index (χ1n) is 2.53. The van der Waals surface area contributed by atoms with Crippen molar-refractivity contribution in [1.29, 1.82) is 0 Å². The van der Waals surface area contributed by atoms with Crippen molar-refractivity contribution in [3.05, 3.63) is 0 Å². The van der Waals surface area contributed by atoms with Crippen molar-refractivity contribution >= 4 is 43.5 Å². The molecule has 0 saturated carbocycles. The predicted molar refractivity (Wildman–Crippen MR) is 45.8 cm³/mol. The molecule has 21 heteroatoms. The molecule has 0 fully saturated rings. The summed E-state index contributed by atoms with van der Waals surface area (Å²) in [6.07, 6.45) is 0. The summed E-state index contributed by atoms with van der Waals surface area (Å²) < 4.78 is 110. The minimum atomic E-state index is -5.31.